The summed E-state index contributed by atoms with van der Waals surface area (Å²) in [5, 5.41) is 4.10. The zero-order chi connectivity index (χ0) is 21.3. The van der Waals surface area contributed by atoms with Gasteiger partial charge in [-0.05, 0) is 43.5 Å². The van der Waals surface area contributed by atoms with Crippen molar-refractivity contribution in [3.8, 4) is 0 Å². The molecule has 1 heterocycles. The van der Waals surface area contributed by atoms with Crippen LogP contribution in [-0.4, -0.2) is 34.4 Å². The molecule has 0 bridgehead atoms. The topological polar surface area (TPSA) is 73.2 Å². The van der Waals surface area contributed by atoms with Crippen molar-refractivity contribution >= 4 is 34.3 Å². The van der Waals surface area contributed by atoms with Crippen molar-refractivity contribution in [1.29, 1.82) is 0 Å². The monoisotopic (exact) mass is 425 g/mol. The first-order chi connectivity index (χ1) is 14.6. The Bertz CT molecular complexity index is 1060. The number of hydrogen-bond donors (Lipinski definition) is 1. The molecule has 0 radical (unpaired) electrons. The van der Waals surface area contributed by atoms with E-state index in [2.05, 4.69) is 17.2 Å². The zero-order valence-corrected chi connectivity index (χ0v) is 18.2. The molecule has 3 aromatic rings. The van der Waals surface area contributed by atoms with Crippen LogP contribution < -0.4 is 10.9 Å². The highest BCUT2D eigenvalue weighted by molar-refractivity contribution is 7.99. The molecule has 0 aliphatic carbocycles. The highest BCUT2D eigenvalue weighted by Crippen LogP contribution is 2.20. The van der Waals surface area contributed by atoms with Gasteiger partial charge in [-0.3, -0.25) is 14.2 Å². The van der Waals surface area contributed by atoms with Gasteiger partial charge in [0.05, 0.1) is 16.7 Å². The molecule has 0 spiro atoms. The Hall–Kier alpha value is -2.64. The largest absolute Gasteiger partial charge is 0.382 e. The van der Waals surface area contributed by atoms with E-state index in [4.69, 9.17) is 4.74 Å². The number of benzene rings is 2. The van der Waals surface area contributed by atoms with Crippen LogP contribution in [0.5, 0.6) is 0 Å². The fraction of sp³-hybridized carbons (Fsp3) is 0.348. The van der Waals surface area contributed by atoms with Crippen molar-refractivity contribution in [2.45, 2.75) is 38.4 Å². The average Bonchev–Trinajstić information content (AvgIpc) is 2.77. The second kappa shape index (κ2) is 10.9. The Morgan fingerprint density at radius 2 is 1.90 bits per heavy atom. The molecule has 0 atom stereocenters. The number of para-hydroxylation sites is 2. The van der Waals surface area contributed by atoms with Crippen molar-refractivity contribution in [3.05, 3.63) is 64.4 Å². The Balaban J connectivity index is 1.78. The molecule has 7 heteroatoms. The number of nitrogens with one attached hydrogen (secondary N) is 1. The van der Waals surface area contributed by atoms with E-state index < -0.39 is 0 Å². The van der Waals surface area contributed by atoms with Gasteiger partial charge in [-0.2, -0.15) is 0 Å². The van der Waals surface area contributed by atoms with Gasteiger partial charge in [-0.25, -0.2) is 4.98 Å². The molecule has 0 saturated carbocycles. The summed E-state index contributed by atoms with van der Waals surface area (Å²) in [6, 6.07) is 15.1. The number of fused-ring (bicyclic) bond motifs is 1. The molecule has 0 unspecified atom stereocenters. The predicted molar refractivity (Wildman–Crippen MR) is 122 cm³/mol. The molecule has 6 nitrogen and oxygen atoms in total. The van der Waals surface area contributed by atoms with Crippen molar-refractivity contribution < 1.29 is 9.53 Å². The molecule has 0 fully saturated rings. The third kappa shape index (κ3) is 5.49. The first-order valence-corrected chi connectivity index (χ1v) is 11.2. The highest BCUT2D eigenvalue weighted by Gasteiger charge is 2.14. The second-order valence-electron chi connectivity index (χ2n) is 6.77. The van der Waals surface area contributed by atoms with Crippen LogP contribution in [0.15, 0.2) is 58.5 Å². The van der Waals surface area contributed by atoms with E-state index in [-0.39, 0.29) is 17.2 Å². The number of ether oxygens (including phenoxy) is 1. The molecule has 0 aliphatic heterocycles. The van der Waals surface area contributed by atoms with Crippen LogP contribution in [0.3, 0.4) is 0 Å². The normalized spacial score (nSPS) is 11.0. The standard InChI is InChI=1S/C23H27N3O3S/c1-3-17-10-5-7-12-19(17)24-21(27)16-30-23-25-20-13-8-6-11-18(20)22(28)26(23)14-9-15-29-4-2/h5-8,10-13H,3-4,9,14-16H2,1-2H3,(H,24,27). The maximum absolute atomic E-state index is 13.0. The third-order valence-electron chi connectivity index (χ3n) is 4.71. The average molecular weight is 426 g/mol. The van der Waals surface area contributed by atoms with Gasteiger partial charge in [0.2, 0.25) is 5.91 Å². The number of aromatic nitrogens is 2. The van der Waals surface area contributed by atoms with Gasteiger partial charge >= 0.3 is 0 Å². The summed E-state index contributed by atoms with van der Waals surface area (Å²) in [5.41, 5.74) is 2.47. The zero-order valence-electron chi connectivity index (χ0n) is 17.4. The summed E-state index contributed by atoms with van der Waals surface area (Å²) in [5.74, 6) is 0.0538. The van der Waals surface area contributed by atoms with Gasteiger partial charge in [0, 0.05) is 25.4 Å². The minimum Gasteiger partial charge on any atom is -0.382 e. The lowest BCUT2D eigenvalue weighted by molar-refractivity contribution is -0.113. The Morgan fingerprint density at radius 3 is 2.70 bits per heavy atom. The predicted octanol–water partition coefficient (Wildman–Crippen LogP) is 4.12. The Morgan fingerprint density at radius 1 is 1.13 bits per heavy atom. The summed E-state index contributed by atoms with van der Waals surface area (Å²) in [6.45, 7) is 5.72. The fourth-order valence-corrected chi connectivity index (χ4v) is 4.02. The Labute approximate surface area is 180 Å². The number of carbonyl (C=O) groups is 1. The number of amides is 1. The van der Waals surface area contributed by atoms with Crippen molar-refractivity contribution in [3.63, 3.8) is 0 Å². The van der Waals surface area contributed by atoms with Crippen molar-refractivity contribution in [1.82, 2.24) is 9.55 Å². The third-order valence-corrected chi connectivity index (χ3v) is 5.68. The molecule has 0 aliphatic rings. The summed E-state index contributed by atoms with van der Waals surface area (Å²) in [4.78, 5) is 30.2. The van der Waals surface area contributed by atoms with E-state index in [1.807, 2.05) is 49.4 Å². The lowest BCUT2D eigenvalue weighted by atomic mass is 10.1. The van der Waals surface area contributed by atoms with E-state index >= 15 is 0 Å². The van der Waals surface area contributed by atoms with E-state index in [0.29, 0.717) is 42.2 Å². The maximum atomic E-state index is 13.0. The molecule has 1 N–H and O–H groups in total. The SMILES string of the molecule is CCOCCCn1c(SCC(=O)Nc2ccccc2CC)nc2ccccc2c1=O. The number of rotatable bonds is 10. The van der Waals surface area contributed by atoms with Crippen molar-refractivity contribution in [2.75, 3.05) is 24.3 Å². The first kappa shape index (κ1) is 22.1. The lowest BCUT2D eigenvalue weighted by Crippen LogP contribution is -2.25. The van der Waals surface area contributed by atoms with Crippen LogP contribution in [0.2, 0.25) is 0 Å². The molecule has 158 valence electrons. The van der Waals surface area contributed by atoms with E-state index in [1.165, 1.54) is 11.8 Å². The van der Waals surface area contributed by atoms with Gasteiger partial charge in [0.25, 0.3) is 5.56 Å². The molecular weight excluding hydrogens is 398 g/mol. The molecule has 0 saturated heterocycles. The number of aryl methyl sites for hydroxylation is 1. The summed E-state index contributed by atoms with van der Waals surface area (Å²) in [6.07, 6.45) is 1.55. The first-order valence-electron chi connectivity index (χ1n) is 10.2. The van der Waals surface area contributed by atoms with E-state index in [0.717, 1.165) is 17.7 Å². The number of carbonyl (C=O) groups excluding carboxylic acids is 1. The Kier molecular flexibility index (Phi) is 8.04. The molecular formula is C23H27N3O3S. The lowest BCUT2D eigenvalue weighted by Gasteiger charge is -2.14. The van der Waals surface area contributed by atoms with Gasteiger partial charge in [-0.15, -0.1) is 0 Å². The second-order valence-corrected chi connectivity index (χ2v) is 7.71. The van der Waals surface area contributed by atoms with Crippen LogP contribution in [0.1, 0.15) is 25.8 Å². The number of hydrogen-bond acceptors (Lipinski definition) is 5. The van der Waals surface area contributed by atoms with Gasteiger partial charge in [0.15, 0.2) is 5.16 Å². The number of anilines is 1. The van der Waals surface area contributed by atoms with Gasteiger partial charge in [0.1, 0.15) is 0 Å². The summed E-state index contributed by atoms with van der Waals surface area (Å²) >= 11 is 1.28. The molecule has 2 aromatic carbocycles. The minimum absolute atomic E-state index is 0.0867. The molecule has 1 amide bonds. The quantitative estimate of drug-likeness (QED) is 0.301. The molecule has 30 heavy (non-hydrogen) atoms. The van der Waals surface area contributed by atoms with Gasteiger partial charge in [-0.1, -0.05) is 49.0 Å². The number of nitrogens with zero attached hydrogens (tertiary/aromatic N) is 2. The molecule has 3 rings (SSSR count). The minimum atomic E-state index is -0.121. The summed E-state index contributed by atoms with van der Waals surface area (Å²) < 4.78 is 7.05. The van der Waals surface area contributed by atoms with Gasteiger partial charge < -0.3 is 10.1 Å². The highest BCUT2D eigenvalue weighted by atomic mass is 32.2. The smallest absolute Gasteiger partial charge is 0.262 e. The van der Waals surface area contributed by atoms with E-state index in [9.17, 15) is 9.59 Å². The number of thioether (sulfide) groups is 1. The van der Waals surface area contributed by atoms with Crippen LogP contribution in [0, 0.1) is 0 Å². The van der Waals surface area contributed by atoms with Crippen LogP contribution in [0.4, 0.5) is 5.69 Å². The van der Waals surface area contributed by atoms with E-state index in [1.54, 1.807) is 10.6 Å². The van der Waals surface area contributed by atoms with Crippen LogP contribution >= 0.6 is 11.8 Å². The fourth-order valence-electron chi connectivity index (χ4n) is 3.19. The van der Waals surface area contributed by atoms with Crippen molar-refractivity contribution in [2.24, 2.45) is 0 Å². The summed E-state index contributed by atoms with van der Waals surface area (Å²) in [7, 11) is 0. The van der Waals surface area contributed by atoms with Crippen LogP contribution in [-0.2, 0) is 22.5 Å². The maximum Gasteiger partial charge on any atom is 0.262 e. The molecule has 1 aromatic heterocycles. The van der Waals surface area contributed by atoms with Crippen LogP contribution in [0.25, 0.3) is 10.9 Å².